The molecule has 0 saturated heterocycles. The van der Waals surface area contributed by atoms with Crippen molar-refractivity contribution >= 4 is 29.3 Å². The van der Waals surface area contributed by atoms with Gasteiger partial charge in [-0.3, -0.25) is 24.0 Å². The zero-order valence-corrected chi connectivity index (χ0v) is 20.5. The number of Topliss-reactive ketones (excluding diaryl/α,β-unsaturated/α-hetero) is 1. The molecular weight excluding hydrogens is 563 g/mol. The fourth-order valence-corrected chi connectivity index (χ4v) is 3.39. The average Bonchev–Trinajstić information content (AvgIpc) is 2.83. The number of alkyl halides is 3. The third kappa shape index (κ3) is 7.57. The second-order valence-electron chi connectivity index (χ2n) is 8.17. The number of amides is 2. The molecule has 0 saturated carbocycles. The number of halogens is 7. The maximum atomic E-state index is 13.8. The lowest BCUT2D eigenvalue weighted by Gasteiger charge is -2.23. The van der Waals surface area contributed by atoms with Crippen molar-refractivity contribution in [3.05, 3.63) is 57.5 Å². The van der Waals surface area contributed by atoms with Crippen LogP contribution in [0, 0.1) is 23.3 Å². The maximum absolute atomic E-state index is 13.8. The third-order valence-electron chi connectivity index (χ3n) is 5.22. The Kier molecular flexibility index (Phi) is 10.0. The minimum atomic E-state index is -5.03. The number of ether oxygens (including phenoxy) is 1. The number of anilines is 1. The van der Waals surface area contributed by atoms with E-state index in [-0.39, 0.29) is 18.7 Å². The zero-order valence-electron chi connectivity index (χ0n) is 20.5. The number of carbonyl (C=O) groups excluding carboxylic acids is 3. The highest BCUT2D eigenvalue weighted by molar-refractivity contribution is 5.94. The number of ketones is 1. The Morgan fingerprint density at radius 3 is 2.10 bits per heavy atom. The van der Waals surface area contributed by atoms with Gasteiger partial charge in [0.2, 0.25) is 23.4 Å². The van der Waals surface area contributed by atoms with Crippen LogP contribution in [0.1, 0.15) is 38.3 Å². The van der Waals surface area contributed by atoms with Gasteiger partial charge < -0.3 is 25.0 Å². The van der Waals surface area contributed by atoms with Crippen LogP contribution < -0.4 is 20.9 Å². The van der Waals surface area contributed by atoms with Gasteiger partial charge in [-0.1, -0.05) is 6.92 Å². The number of carboxylic acids is 1. The van der Waals surface area contributed by atoms with Crippen molar-refractivity contribution in [2.45, 2.75) is 44.9 Å². The molecular formula is C23H20F7N3O7. The number of carbonyl (C=O) groups is 4. The van der Waals surface area contributed by atoms with Crippen LogP contribution in [0.3, 0.4) is 0 Å². The molecule has 0 fully saturated rings. The number of hydrogen-bond acceptors (Lipinski definition) is 6. The SMILES string of the molecule is CC[C@@H](C(=O)NC(CC(=O)O)C(=O)COc1c(F)c(F)cc(F)c1F)n1cc(C(F)(F)F)cc(NC(C)=O)c1=O. The van der Waals surface area contributed by atoms with E-state index in [4.69, 9.17) is 5.11 Å². The Labute approximate surface area is 219 Å². The van der Waals surface area contributed by atoms with Gasteiger partial charge in [0.15, 0.2) is 23.2 Å². The second kappa shape index (κ2) is 12.6. The molecule has 10 nitrogen and oxygen atoms in total. The highest BCUT2D eigenvalue weighted by atomic mass is 19.4. The quantitative estimate of drug-likeness (QED) is 0.273. The molecule has 218 valence electrons. The lowest BCUT2D eigenvalue weighted by atomic mass is 10.1. The first-order chi connectivity index (χ1) is 18.5. The summed E-state index contributed by atoms with van der Waals surface area (Å²) in [4.78, 5) is 60.9. The molecule has 2 rings (SSSR count). The molecule has 1 unspecified atom stereocenters. The summed E-state index contributed by atoms with van der Waals surface area (Å²) in [6.45, 7) is 0.770. The van der Waals surface area contributed by atoms with E-state index in [1.807, 2.05) is 10.6 Å². The molecule has 0 aliphatic heterocycles. The van der Waals surface area contributed by atoms with Gasteiger partial charge in [0.25, 0.3) is 5.56 Å². The van der Waals surface area contributed by atoms with Crippen LogP contribution in [0.5, 0.6) is 5.75 Å². The lowest BCUT2D eigenvalue weighted by Crippen LogP contribution is -2.48. The van der Waals surface area contributed by atoms with Crippen LogP contribution >= 0.6 is 0 Å². The normalized spacial score (nSPS) is 12.8. The molecule has 2 atom stereocenters. The molecule has 1 heterocycles. The van der Waals surface area contributed by atoms with Gasteiger partial charge in [0, 0.05) is 19.2 Å². The third-order valence-corrected chi connectivity index (χ3v) is 5.22. The Morgan fingerprint density at radius 1 is 1.05 bits per heavy atom. The van der Waals surface area contributed by atoms with Crippen LogP contribution in [0.15, 0.2) is 23.1 Å². The van der Waals surface area contributed by atoms with Gasteiger partial charge in [-0.25, -0.2) is 8.78 Å². The van der Waals surface area contributed by atoms with E-state index in [1.54, 1.807) is 0 Å². The summed E-state index contributed by atoms with van der Waals surface area (Å²) in [6.07, 6.45) is -6.29. The van der Waals surface area contributed by atoms with Crippen molar-refractivity contribution in [2.75, 3.05) is 11.9 Å². The van der Waals surface area contributed by atoms with Gasteiger partial charge in [0.05, 0.1) is 12.0 Å². The standard InChI is InChI=1S/C23H20F7N3O7/c1-3-15(33-7-10(23(28,29)30)4-14(22(33)39)31-9(2)34)21(38)32-13(6-17(36)37)16(35)8-40-20-18(26)11(24)5-12(25)19(20)27/h4-5,7,13,15H,3,6,8H2,1-2H3,(H,31,34)(H,32,38)(H,36,37)/t13?,15-/m0/s1. The Hall–Kier alpha value is -4.44. The van der Waals surface area contributed by atoms with Crippen LogP contribution in [0.25, 0.3) is 0 Å². The minimum Gasteiger partial charge on any atom is -0.481 e. The summed E-state index contributed by atoms with van der Waals surface area (Å²) in [7, 11) is 0. The van der Waals surface area contributed by atoms with Crippen molar-refractivity contribution < 1.29 is 59.8 Å². The van der Waals surface area contributed by atoms with E-state index < -0.39 is 101 Å². The molecule has 0 bridgehead atoms. The van der Waals surface area contributed by atoms with Gasteiger partial charge in [-0.05, 0) is 12.5 Å². The van der Waals surface area contributed by atoms with Crippen LogP contribution in [0.4, 0.5) is 36.4 Å². The number of nitrogens with one attached hydrogen (secondary N) is 2. The first kappa shape index (κ1) is 31.8. The minimum absolute atomic E-state index is 0.134. The molecule has 2 aromatic rings. The van der Waals surface area contributed by atoms with Gasteiger partial charge in [-0.2, -0.15) is 22.0 Å². The van der Waals surface area contributed by atoms with Crippen molar-refractivity contribution in [1.29, 1.82) is 0 Å². The number of benzene rings is 1. The van der Waals surface area contributed by atoms with Crippen molar-refractivity contribution in [1.82, 2.24) is 9.88 Å². The average molecular weight is 583 g/mol. The zero-order chi connectivity index (χ0) is 30.5. The molecule has 40 heavy (non-hydrogen) atoms. The number of nitrogens with zero attached hydrogens (tertiary/aromatic N) is 1. The highest BCUT2D eigenvalue weighted by Gasteiger charge is 2.35. The van der Waals surface area contributed by atoms with E-state index in [1.165, 1.54) is 6.92 Å². The fourth-order valence-electron chi connectivity index (χ4n) is 3.39. The van der Waals surface area contributed by atoms with E-state index in [2.05, 4.69) is 4.74 Å². The van der Waals surface area contributed by atoms with Crippen LogP contribution in [0.2, 0.25) is 0 Å². The molecule has 0 aliphatic rings. The first-order valence-electron chi connectivity index (χ1n) is 11.1. The predicted molar refractivity (Wildman–Crippen MR) is 120 cm³/mol. The predicted octanol–water partition coefficient (Wildman–Crippen LogP) is 2.94. The van der Waals surface area contributed by atoms with Gasteiger partial charge in [0.1, 0.15) is 24.4 Å². The number of rotatable bonds is 11. The van der Waals surface area contributed by atoms with Gasteiger partial charge >= 0.3 is 12.1 Å². The monoisotopic (exact) mass is 583 g/mol. The number of aliphatic carboxylic acids is 1. The Morgan fingerprint density at radius 2 is 1.62 bits per heavy atom. The molecule has 1 aromatic heterocycles. The molecule has 0 spiro atoms. The van der Waals surface area contributed by atoms with Gasteiger partial charge in [-0.15, -0.1) is 0 Å². The molecule has 1 aromatic carbocycles. The van der Waals surface area contributed by atoms with E-state index in [0.717, 1.165) is 6.92 Å². The summed E-state index contributed by atoms with van der Waals surface area (Å²) in [5.41, 5.74) is -3.50. The van der Waals surface area contributed by atoms with Crippen molar-refractivity contribution in [3.8, 4) is 5.75 Å². The van der Waals surface area contributed by atoms with E-state index in [9.17, 15) is 54.7 Å². The fraction of sp³-hybridized carbons (Fsp3) is 0.348. The second-order valence-corrected chi connectivity index (χ2v) is 8.17. The Balaban J connectivity index is 2.40. The summed E-state index contributed by atoms with van der Waals surface area (Å²) in [6, 6.07) is -3.60. The van der Waals surface area contributed by atoms with E-state index in [0.29, 0.717) is 10.6 Å². The van der Waals surface area contributed by atoms with E-state index >= 15 is 0 Å². The Bertz CT molecular complexity index is 1370. The van der Waals surface area contributed by atoms with Crippen LogP contribution in [-0.4, -0.2) is 45.9 Å². The molecule has 3 N–H and O–H groups in total. The van der Waals surface area contributed by atoms with Crippen molar-refractivity contribution in [3.63, 3.8) is 0 Å². The molecule has 0 radical (unpaired) electrons. The number of aromatic nitrogens is 1. The largest absolute Gasteiger partial charge is 0.481 e. The highest BCUT2D eigenvalue weighted by Crippen LogP contribution is 2.31. The number of hydrogen-bond donors (Lipinski definition) is 3. The van der Waals surface area contributed by atoms with Crippen LogP contribution in [-0.2, 0) is 25.4 Å². The smallest absolute Gasteiger partial charge is 0.417 e. The molecule has 0 aliphatic carbocycles. The lowest BCUT2D eigenvalue weighted by molar-refractivity contribution is -0.141. The maximum Gasteiger partial charge on any atom is 0.417 e. The number of carboxylic acid groups (broad SMARTS) is 1. The first-order valence-corrected chi connectivity index (χ1v) is 11.1. The summed E-state index contributed by atoms with van der Waals surface area (Å²) < 4.78 is 99.4. The topological polar surface area (TPSA) is 144 Å². The number of pyridine rings is 1. The molecule has 17 heteroatoms. The summed E-state index contributed by atoms with van der Waals surface area (Å²) >= 11 is 0. The summed E-state index contributed by atoms with van der Waals surface area (Å²) in [5, 5.41) is 12.9. The molecule has 2 amide bonds. The van der Waals surface area contributed by atoms with Crippen molar-refractivity contribution in [2.24, 2.45) is 0 Å². The summed E-state index contributed by atoms with van der Waals surface area (Å²) in [5.74, 6) is -14.7.